The predicted octanol–water partition coefficient (Wildman–Crippen LogP) is 0.478. The molecule has 0 aromatic carbocycles. The second kappa shape index (κ2) is 2.25. The molecule has 0 aromatic heterocycles. The Morgan fingerprint density at radius 1 is 1.78 bits per heavy atom. The van der Waals surface area contributed by atoms with Crippen molar-refractivity contribution in [1.29, 1.82) is 0 Å². The Labute approximate surface area is 54.6 Å². The van der Waals surface area contributed by atoms with Crippen LogP contribution in [0.2, 0.25) is 0 Å². The van der Waals surface area contributed by atoms with Gasteiger partial charge >= 0.3 is 5.97 Å². The first-order valence-electron chi connectivity index (χ1n) is 3.23. The van der Waals surface area contributed by atoms with E-state index in [2.05, 4.69) is 0 Å². The summed E-state index contributed by atoms with van der Waals surface area (Å²) in [5.74, 6) is -1.24. The number of rotatable bonds is 3. The van der Waals surface area contributed by atoms with Gasteiger partial charge in [0, 0.05) is 0 Å². The van der Waals surface area contributed by atoms with Crippen LogP contribution in [0.25, 0.3) is 0 Å². The molecule has 0 radical (unpaired) electrons. The summed E-state index contributed by atoms with van der Waals surface area (Å²) >= 11 is 0. The molecule has 0 bridgehead atoms. The third-order valence-electron chi connectivity index (χ3n) is 1.32. The largest absolute Gasteiger partial charge is 0.341 e. The van der Waals surface area contributed by atoms with E-state index >= 15 is 0 Å². The fourth-order valence-electron chi connectivity index (χ4n) is 0.619. The van der Waals surface area contributed by atoms with Crippen LogP contribution in [0.4, 0.5) is 0 Å². The van der Waals surface area contributed by atoms with Crippen molar-refractivity contribution in [3.63, 3.8) is 0 Å². The quantitative estimate of drug-likeness (QED) is 0.448. The molecule has 1 N–H and O–H groups in total. The molecule has 0 amide bonds. The summed E-state index contributed by atoms with van der Waals surface area (Å²) in [5, 5.41) is 9.08. The van der Waals surface area contributed by atoms with Crippen LogP contribution in [0.5, 0.6) is 0 Å². The molecule has 3 heteroatoms. The van der Waals surface area contributed by atoms with Crippen LogP contribution in [0, 0.1) is 0 Å². The van der Waals surface area contributed by atoms with Crippen molar-refractivity contribution < 1.29 is 14.6 Å². The van der Waals surface area contributed by atoms with E-state index in [1.54, 1.807) is 6.92 Å². The van der Waals surface area contributed by atoms with Crippen LogP contribution in [0.15, 0.2) is 0 Å². The maximum absolute atomic E-state index is 9.08. The van der Waals surface area contributed by atoms with Crippen molar-refractivity contribution in [1.82, 2.24) is 0 Å². The molecule has 2 unspecified atom stereocenters. The van der Waals surface area contributed by atoms with E-state index in [0.717, 1.165) is 6.42 Å². The topological polar surface area (TPSA) is 42.0 Å². The molecule has 1 fully saturated rings. The highest BCUT2D eigenvalue weighted by Gasteiger charge is 2.54. The second-order valence-electron chi connectivity index (χ2n) is 2.24. The van der Waals surface area contributed by atoms with Gasteiger partial charge in [-0.25, -0.2) is 0 Å². The zero-order chi connectivity index (χ0) is 6.91. The smallest absolute Gasteiger partial charge is 0.308 e. The van der Waals surface area contributed by atoms with E-state index in [9.17, 15) is 0 Å². The van der Waals surface area contributed by atoms with Crippen molar-refractivity contribution in [3.8, 4) is 0 Å². The Bertz CT molecular complexity index is 104. The van der Waals surface area contributed by atoms with Gasteiger partial charge in [-0.2, -0.15) is 0 Å². The van der Waals surface area contributed by atoms with E-state index in [4.69, 9.17) is 14.6 Å². The van der Waals surface area contributed by atoms with Gasteiger partial charge in [0.1, 0.15) is 6.10 Å². The molecule has 1 rings (SSSR count). The van der Waals surface area contributed by atoms with Gasteiger partial charge in [0.05, 0.1) is 6.61 Å². The highest BCUT2D eigenvalue weighted by Crippen LogP contribution is 2.33. The first-order chi connectivity index (χ1) is 4.19. The maximum Gasteiger partial charge on any atom is 0.308 e. The molecule has 3 nitrogen and oxygen atoms in total. The van der Waals surface area contributed by atoms with Gasteiger partial charge in [0.2, 0.25) is 0 Å². The number of hydrogen-bond donors (Lipinski definition) is 1. The molecular formula is C6H12O3. The number of hydrogen-bond acceptors (Lipinski definition) is 3. The van der Waals surface area contributed by atoms with Gasteiger partial charge in [0.15, 0.2) is 0 Å². The Morgan fingerprint density at radius 3 is 2.67 bits per heavy atom. The van der Waals surface area contributed by atoms with Crippen LogP contribution in [0.1, 0.15) is 20.3 Å². The van der Waals surface area contributed by atoms with Gasteiger partial charge in [-0.15, -0.1) is 0 Å². The molecule has 0 aliphatic carbocycles. The third-order valence-corrected chi connectivity index (χ3v) is 1.32. The Hall–Kier alpha value is -0.120. The van der Waals surface area contributed by atoms with Crippen molar-refractivity contribution in [2.24, 2.45) is 0 Å². The van der Waals surface area contributed by atoms with Crippen molar-refractivity contribution in [2.75, 3.05) is 6.61 Å². The summed E-state index contributed by atoms with van der Waals surface area (Å²) in [6.07, 6.45) is 0.752. The van der Waals surface area contributed by atoms with Crippen LogP contribution < -0.4 is 0 Å². The standard InChI is InChI=1S/C6H12O3/c1-3-4-8-6(7)5(2)9-6/h5,7H,3-4H2,1-2H3. The SMILES string of the molecule is CCCOC1(O)OC1C. The number of aliphatic hydroxyl groups is 1. The lowest BCUT2D eigenvalue weighted by Crippen LogP contribution is -2.17. The normalized spacial score (nSPS) is 41.0. The van der Waals surface area contributed by atoms with Gasteiger partial charge in [-0.1, -0.05) is 6.92 Å². The minimum absolute atomic E-state index is 0.149. The summed E-state index contributed by atoms with van der Waals surface area (Å²) in [4.78, 5) is 0. The lowest BCUT2D eigenvalue weighted by atomic mass is 10.5. The molecule has 1 saturated heterocycles. The first-order valence-corrected chi connectivity index (χ1v) is 3.23. The van der Waals surface area contributed by atoms with Crippen LogP contribution in [0.3, 0.4) is 0 Å². The molecule has 1 heterocycles. The van der Waals surface area contributed by atoms with E-state index < -0.39 is 5.97 Å². The number of ether oxygens (including phenoxy) is 2. The lowest BCUT2D eigenvalue weighted by Gasteiger charge is -2.03. The summed E-state index contributed by atoms with van der Waals surface area (Å²) in [5.41, 5.74) is 0. The molecule has 2 atom stereocenters. The Balaban J connectivity index is 2.13. The van der Waals surface area contributed by atoms with Gasteiger partial charge in [-0.3, -0.25) is 0 Å². The monoisotopic (exact) mass is 132 g/mol. The molecule has 1 aliphatic rings. The minimum Gasteiger partial charge on any atom is -0.341 e. The lowest BCUT2D eigenvalue weighted by molar-refractivity contribution is -0.193. The van der Waals surface area contributed by atoms with Crippen LogP contribution in [-0.4, -0.2) is 23.8 Å². The van der Waals surface area contributed by atoms with Crippen LogP contribution in [-0.2, 0) is 9.47 Å². The van der Waals surface area contributed by atoms with E-state index in [-0.39, 0.29) is 6.10 Å². The highest BCUT2D eigenvalue weighted by atomic mass is 16.9. The van der Waals surface area contributed by atoms with Gasteiger partial charge < -0.3 is 14.6 Å². The van der Waals surface area contributed by atoms with E-state index in [1.807, 2.05) is 6.92 Å². The van der Waals surface area contributed by atoms with E-state index in [0.29, 0.717) is 6.61 Å². The second-order valence-corrected chi connectivity index (χ2v) is 2.24. The average Bonchev–Trinajstić information content (AvgIpc) is 2.38. The molecule has 1 aliphatic heterocycles. The van der Waals surface area contributed by atoms with Gasteiger partial charge in [-0.05, 0) is 13.3 Å². The zero-order valence-corrected chi connectivity index (χ0v) is 5.76. The van der Waals surface area contributed by atoms with Crippen molar-refractivity contribution in [3.05, 3.63) is 0 Å². The summed E-state index contributed by atoms with van der Waals surface area (Å²) in [7, 11) is 0. The first kappa shape index (κ1) is 6.99. The molecule has 0 spiro atoms. The molecule has 9 heavy (non-hydrogen) atoms. The highest BCUT2D eigenvalue weighted by molar-refractivity contribution is 4.79. The molecule has 0 aromatic rings. The maximum atomic E-state index is 9.08. The summed E-state index contributed by atoms with van der Waals surface area (Å²) in [6, 6.07) is 0. The molecule has 54 valence electrons. The molecular weight excluding hydrogens is 120 g/mol. The fraction of sp³-hybridized carbons (Fsp3) is 1.00. The average molecular weight is 132 g/mol. The molecule has 0 saturated carbocycles. The van der Waals surface area contributed by atoms with E-state index in [1.165, 1.54) is 0 Å². The third kappa shape index (κ3) is 1.41. The Kier molecular flexibility index (Phi) is 1.75. The summed E-state index contributed by atoms with van der Waals surface area (Å²) in [6.45, 7) is 4.31. The number of epoxide rings is 1. The zero-order valence-electron chi connectivity index (χ0n) is 5.76. The Morgan fingerprint density at radius 2 is 2.33 bits per heavy atom. The van der Waals surface area contributed by atoms with Crippen molar-refractivity contribution in [2.45, 2.75) is 32.3 Å². The minimum atomic E-state index is -1.24. The van der Waals surface area contributed by atoms with Crippen molar-refractivity contribution >= 4 is 0 Å². The predicted molar refractivity (Wildman–Crippen MR) is 31.7 cm³/mol. The fourth-order valence-corrected chi connectivity index (χ4v) is 0.619. The van der Waals surface area contributed by atoms with Gasteiger partial charge in [0.25, 0.3) is 0 Å². The van der Waals surface area contributed by atoms with Crippen LogP contribution >= 0.6 is 0 Å². The summed E-state index contributed by atoms with van der Waals surface area (Å²) < 4.78 is 9.67.